The molecule has 0 atom stereocenters. The lowest BCUT2D eigenvalue weighted by Gasteiger charge is -2.18. The standard InChI is InChI=1S/C21H30N4O2/c1-4-22-21(23-14-13-19-8-7-15-27-19)24-16-17-9-11-18(12-10-17)20(26)25(5-2)6-3/h7-12,15H,4-6,13-14,16H2,1-3H3,(H2,22,23,24). The summed E-state index contributed by atoms with van der Waals surface area (Å²) in [6, 6.07) is 11.5. The van der Waals surface area contributed by atoms with Gasteiger partial charge in [0.2, 0.25) is 0 Å². The van der Waals surface area contributed by atoms with Gasteiger partial charge in [0.05, 0.1) is 12.8 Å². The van der Waals surface area contributed by atoms with Gasteiger partial charge in [-0.1, -0.05) is 12.1 Å². The van der Waals surface area contributed by atoms with Gasteiger partial charge in [-0.15, -0.1) is 0 Å². The second-order valence-electron chi connectivity index (χ2n) is 6.13. The lowest BCUT2D eigenvalue weighted by atomic mass is 10.1. The average Bonchev–Trinajstić information content (AvgIpc) is 3.21. The number of hydrogen-bond donors (Lipinski definition) is 2. The van der Waals surface area contributed by atoms with Crippen LogP contribution in [0.1, 0.15) is 42.5 Å². The predicted molar refractivity (Wildman–Crippen MR) is 109 cm³/mol. The Kier molecular flexibility index (Phi) is 8.42. The molecular weight excluding hydrogens is 340 g/mol. The third-order valence-corrected chi connectivity index (χ3v) is 4.26. The molecular formula is C21H30N4O2. The largest absolute Gasteiger partial charge is 0.469 e. The highest BCUT2D eigenvalue weighted by molar-refractivity contribution is 5.94. The Bertz CT molecular complexity index is 704. The molecule has 27 heavy (non-hydrogen) atoms. The van der Waals surface area contributed by atoms with Gasteiger partial charge in [-0.3, -0.25) is 4.79 Å². The number of rotatable bonds is 9. The zero-order valence-corrected chi connectivity index (χ0v) is 16.5. The molecule has 6 nitrogen and oxygen atoms in total. The van der Waals surface area contributed by atoms with E-state index in [4.69, 9.17) is 4.42 Å². The van der Waals surface area contributed by atoms with E-state index >= 15 is 0 Å². The summed E-state index contributed by atoms with van der Waals surface area (Å²) in [6.45, 7) is 9.55. The van der Waals surface area contributed by atoms with Crippen LogP contribution in [0.25, 0.3) is 0 Å². The van der Waals surface area contributed by atoms with Crippen LogP contribution in [-0.4, -0.2) is 42.9 Å². The molecule has 0 fully saturated rings. The predicted octanol–water partition coefficient (Wildman–Crippen LogP) is 3.06. The minimum atomic E-state index is 0.0722. The second kappa shape index (κ2) is 11.1. The normalized spacial score (nSPS) is 11.3. The summed E-state index contributed by atoms with van der Waals surface area (Å²) in [4.78, 5) is 18.8. The molecule has 2 N–H and O–H groups in total. The fraction of sp³-hybridized carbons (Fsp3) is 0.429. The van der Waals surface area contributed by atoms with Crippen molar-refractivity contribution in [2.75, 3.05) is 26.2 Å². The molecule has 0 radical (unpaired) electrons. The first-order valence-electron chi connectivity index (χ1n) is 9.60. The van der Waals surface area contributed by atoms with E-state index in [-0.39, 0.29) is 5.91 Å². The van der Waals surface area contributed by atoms with E-state index in [1.54, 1.807) is 6.26 Å². The van der Waals surface area contributed by atoms with Crippen molar-refractivity contribution in [1.29, 1.82) is 0 Å². The van der Waals surface area contributed by atoms with E-state index in [0.29, 0.717) is 6.54 Å². The van der Waals surface area contributed by atoms with Crippen molar-refractivity contribution in [3.05, 3.63) is 59.5 Å². The first-order valence-corrected chi connectivity index (χ1v) is 9.60. The lowest BCUT2D eigenvalue weighted by molar-refractivity contribution is 0.0773. The number of nitrogens with one attached hydrogen (secondary N) is 2. The van der Waals surface area contributed by atoms with Gasteiger partial charge in [-0.2, -0.15) is 0 Å². The van der Waals surface area contributed by atoms with Crippen molar-refractivity contribution in [2.45, 2.75) is 33.7 Å². The van der Waals surface area contributed by atoms with Crippen LogP contribution < -0.4 is 10.6 Å². The molecule has 0 aliphatic rings. The minimum Gasteiger partial charge on any atom is -0.469 e. The quantitative estimate of drug-likeness (QED) is 0.526. The van der Waals surface area contributed by atoms with Crippen molar-refractivity contribution in [3.8, 4) is 0 Å². The summed E-state index contributed by atoms with van der Waals surface area (Å²) in [5.41, 5.74) is 1.78. The summed E-state index contributed by atoms with van der Waals surface area (Å²) in [5, 5.41) is 6.55. The van der Waals surface area contributed by atoms with Crippen molar-refractivity contribution in [3.63, 3.8) is 0 Å². The van der Waals surface area contributed by atoms with E-state index in [1.165, 1.54) is 0 Å². The van der Waals surface area contributed by atoms with Crippen molar-refractivity contribution in [1.82, 2.24) is 15.5 Å². The highest BCUT2D eigenvalue weighted by atomic mass is 16.3. The third-order valence-electron chi connectivity index (χ3n) is 4.26. The lowest BCUT2D eigenvalue weighted by Crippen LogP contribution is -2.38. The summed E-state index contributed by atoms with van der Waals surface area (Å²) >= 11 is 0. The van der Waals surface area contributed by atoms with Gasteiger partial charge in [0.25, 0.3) is 5.91 Å². The van der Waals surface area contributed by atoms with Crippen LogP contribution >= 0.6 is 0 Å². The van der Waals surface area contributed by atoms with Gasteiger partial charge in [0, 0.05) is 38.2 Å². The number of amides is 1. The zero-order valence-electron chi connectivity index (χ0n) is 16.5. The molecule has 0 aliphatic carbocycles. The van der Waals surface area contributed by atoms with Gasteiger partial charge in [0.1, 0.15) is 5.76 Å². The Morgan fingerprint density at radius 2 is 1.81 bits per heavy atom. The van der Waals surface area contributed by atoms with Crippen LogP contribution in [0.5, 0.6) is 0 Å². The number of guanidine groups is 1. The number of nitrogens with zero attached hydrogens (tertiary/aromatic N) is 2. The Hall–Kier alpha value is -2.76. The molecule has 1 amide bonds. The number of carbonyl (C=O) groups excluding carboxylic acids is 1. The Labute approximate surface area is 161 Å². The maximum absolute atomic E-state index is 12.4. The fourth-order valence-electron chi connectivity index (χ4n) is 2.72. The molecule has 146 valence electrons. The molecule has 1 heterocycles. The molecule has 6 heteroatoms. The minimum absolute atomic E-state index is 0.0722. The fourth-order valence-corrected chi connectivity index (χ4v) is 2.72. The van der Waals surface area contributed by atoms with E-state index in [1.807, 2.05) is 62.1 Å². The van der Waals surface area contributed by atoms with Crippen molar-refractivity contribution in [2.24, 2.45) is 4.99 Å². The van der Waals surface area contributed by atoms with Crippen LogP contribution in [0.15, 0.2) is 52.1 Å². The molecule has 0 spiro atoms. The molecule has 2 rings (SSSR count). The topological polar surface area (TPSA) is 69.9 Å². The van der Waals surface area contributed by atoms with Crippen LogP contribution in [0.2, 0.25) is 0 Å². The van der Waals surface area contributed by atoms with Crippen LogP contribution in [0.3, 0.4) is 0 Å². The smallest absolute Gasteiger partial charge is 0.253 e. The summed E-state index contributed by atoms with van der Waals surface area (Å²) in [7, 11) is 0. The Balaban J connectivity index is 1.91. The number of carbonyl (C=O) groups is 1. The van der Waals surface area contributed by atoms with Gasteiger partial charge in [-0.05, 0) is 50.6 Å². The monoisotopic (exact) mass is 370 g/mol. The molecule has 2 aromatic rings. The first-order chi connectivity index (χ1) is 13.2. The second-order valence-corrected chi connectivity index (χ2v) is 6.13. The third kappa shape index (κ3) is 6.47. The maximum Gasteiger partial charge on any atom is 0.253 e. The molecule has 0 aliphatic heterocycles. The van der Waals surface area contributed by atoms with Gasteiger partial charge < -0.3 is 20.0 Å². The Morgan fingerprint density at radius 1 is 1.07 bits per heavy atom. The molecule has 0 saturated heterocycles. The van der Waals surface area contributed by atoms with E-state index in [9.17, 15) is 4.79 Å². The number of furan rings is 1. The highest BCUT2D eigenvalue weighted by Crippen LogP contribution is 2.09. The molecule has 0 bridgehead atoms. The highest BCUT2D eigenvalue weighted by Gasteiger charge is 2.11. The molecule has 0 unspecified atom stereocenters. The molecule has 1 aromatic heterocycles. The Morgan fingerprint density at radius 3 is 2.41 bits per heavy atom. The van der Waals surface area contributed by atoms with E-state index in [0.717, 1.165) is 55.4 Å². The SMILES string of the molecule is CCNC(=NCc1ccc(C(=O)N(CC)CC)cc1)NCCc1ccco1. The van der Waals surface area contributed by atoms with Crippen LogP contribution in [0, 0.1) is 0 Å². The van der Waals surface area contributed by atoms with Crippen molar-refractivity contribution >= 4 is 11.9 Å². The summed E-state index contributed by atoms with van der Waals surface area (Å²) in [6.07, 6.45) is 2.49. The molecule has 1 aromatic carbocycles. The molecule has 0 saturated carbocycles. The number of benzene rings is 1. The zero-order chi connectivity index (χ0) is 19.5. The first kappa shape index (κ1) is 20.6. The average molecular weight is 370 g/mol. The van der Waals surface area contributed by atoms with Gasteiger partial charge in [0.15, 0.2) is 5.96 Å². The van der Waals surface area contributed by atoms with E-state index in [2.05, 4.69) is 15.6 Å². The van der Waals surface area contributed by atoms with Crippen LogP contribution in [-0.2, 0) is 13.0 Å². The number of hydrogen-bond acceptors (Lipinski definition) is 3. The van der Waals surface area contributed by atoms with Crippen molar-refractivity contribution < 1.29 is 9.21 Å². The van der Waals surface area contributed by atoms with Crippen LogP contribution in [0.4, 0.5) is 0 Å². The number of aliphatic imine (C=N–C) groups is 1. The maximum atomic E-state index is 12.4. The summed E-state index contributed by atoms with van der Waals surface area (Å²) in [5.74, 6) is 1.79. The summed E-state index contributed by atoms with van der Waals surface area (Å²) < 4.78 is 5.34. The van der Waals surface area contributed by atoms with Gasteiger partial charge in [-0.25, -0.2) is 4.99 Å². The van der Waals surface area contributed by atoms with Gasteiger partial charge >= 0.3 is 0 Å². The van der Waals surface area contributed by atoms with E-state index < -0.39 is 0 Å².